The molecule has 7 nitrogen and oxygen atoms in total. The van der Waals surface area contributed by atoms with Crippen molar-refractivity contribution in [1.82, 2.24) is 20.3 Å². The van der Waals surface area contributed by atoms with Crippen LogP contribution in [0.4, 0.5) is 0 Å². The maximum atomic E-state index is 12.3. The zero-order valence-corrected chi connectivity index (χ0v) is 14.7. The molecule has 0 unspecified atom stereocenters. The summed E-state index contributed by atoms with van der Waals surface area (Å²) in [5.41, 5.74) is 1.87. The van der Waals surface area contributed by atoms with Crippen molar-refractivity contribution in [2.45, 2.75) is 64.6 Å². The van der Waals surface area contributed by atoms with Crippen LogP contribution in [-0.2, 0) is 16.1 Å². The minimum Gasteiger partial charge on any atom is -0.449 e. The van der Waals surface area contributed by atoms with Crippen LogP contribution in [0.15, 0.2) is 18.2 Å². The predicted molar refractivity (Wildman–Crippen MR) is 93.1 cm³/mol. The van der Waals surface area contributed by atoms with Crippen LogP contribution in [-0.4, -0.2) is 39.0 Å². The summed E-state index contributed by atoms with van der Waals surface area (Å²) in [4.78, 5) is 24.5. The molecular weight excluding hydrogens is 320 g/mol. The molecule has 0 aliphatic heterocycles. The fraction of sp³-hybridized carbons (Fsp3) is 0.556. The summed E-state index contributed by atoms with van der Waals surface area (Å²) in [6.07, 6.45) is 4.67. The van der Waals surface area contributed by atoms with E-state index in [1.54, 1.807) is 29.8 Å². The van der Waals surface area contributed by atoms with E-state index >= 15 is 0 Å². The zero-order chi connectivity index (χ0) is 17.8. The lowest BCUT2D eigenvalue weighted by molar-refractivity contribution is -0.130. The second-order valence-electron chi connectivity index (χ2n) is 6.50. The van der Waals surface area contributed by atoms with Crippen LogP contribution in [0.3, 0.4) is 0 Å². The highest BCUT2D eigenvalue weighted by Crippen LogP contribution is 2.18. The van der Waals surface area contributed by atoms with Gasteiger partial charge in [-0.2, -0.15) is 0 Å². The van der Waals surface area contributed by atoms with Crippen LogP contribution < -0.4 is 5.32 Å². The van der Waals surface area contributed by atoms with Crippen molar-refractivity contribution in [3.8, 4) is 0 Å². The standard InChI is InChI=1S/C18H24N4O3/c1-3-22-16-10-9-13(11-15(16)20-21-22)18(24)25-12(2)17(23)19-14-7-5-4-6-8-14/h9-12,14H,3-8H2,1-2H3,(H,19,23)/t12-/m0/s1. The van der Waals surface area contributed by atoms with E-state index in [9.17, 15) is 9.59 Å². The number of aromatic nitrogens is 3. The normalized spacial score (nSPS) is 16.6. The number of benzene rings is 1. The minimum absolute atomic E-state index is 0.197. The Morgan fingerprint density at radius 3 is 2.80 bits per heavy atom. The number of nitrogens with one attached hydrogen (secondary N) is 1. The van der Waals surface area contributed by atoms with E-state index in [2.05, 4.69) is 15.6 Å². The van der Waals surface area contributed by atoms with Crippen LogP contribution in [0.1, 0.15) is 56.3 Å². The van der Waals surface area contributed by atoms with Gasteiger partial charge in [0.2, 0.25) is 0 Å². The highest BCUT2D eigenvalue weighted by molar-refractivity contribution is 5.95. The van der Waals surface area contributed by atoms with Gasteiger partial charge in [0.05, 0.1) is 11.1 Å². The number of hydrogen-bond donors (Lipinski definition) is 1. The van der Waals surface area contributed by atoms with Crippen molar-refractivity contribution >= 4 is 22.9 Å². The van der Waals surface area contributed by atoms with E-state index in [-0.39, 0.29) is 11.9 Å². The molecule has 1 N–H and O–H groups in total. The van der Waals surface area contributed by atoms with Gasteiger partial charge in [0.15, 0.2) is 6.10 Å². The molecule has 1 aliphatic carbocycles. The van der Waals surface area contributed by atoms with Gasteiger partial charge in [-0.05, 0) is 44.9 Å². The molecule has 134 valence electrons. The van der Waals surface area contributed by atoms with Crippen LogP contribution in [0.2, 0.25) is 0 Å². The van der Waals surface area contributed by atoms with Gasteiger partial charge in [0.1, 0.15) is 5.52 Å². The number of esters is 1. The summed E-state index contributed by atoms with van der Waals surface area (Å²) in [5, 5.41) is 11.0. The van der Waals surface area contributed by atoms with Gasteiger partial charge in [-0.25, -0.2) is 9.48 Å². The lowest BCUT2D eigenvalue weighted by Crippen LogP contribution is -2.42. The Morgan fingerprint density at radius 1 is 1.32 bits per heavy atom. The topological polar surface area (TPSA) is 86.1 Å². The van der Waals surface area contributed by atoms with Gasteiger partial charge in [-0.15, -0.1) is 5.10 Å². The van der Waals surface area contributed by atoms with Crippen molar-refractivity contribution in [3.63, 3.8) is 0 Å². The molecule has 1 atom stereocenters. The first-order chi connectivity index (χ1) is 12.1. The Kier molecular flexibility index (Phi) is 5.31. The number of carbonyl (C=O) groups is 2. The third-order valence-corrected chi connectivity index (χ3v) is 4.65. The first kappa shape index (κ1) is 17.4. The van der Waals surface area contributed by atoms with Gasteiger partial charge in [-0.3, -0.25) is 4.79 Å². The smallest absolute Gasteiger partial charge is 0.338 e. The van der Waals surface area contributed by atoms with E-state index in [1.165, 1.54) is 6.42 Å². The van der Waals surface area contributed by atoms with Crippen LogP contribution in [0, 0.1) is 0 Å². The lowest BCUT2D eigenvalue weighted by atomic mass is 9.95. The fourth-order valence-electron chi connectivity index (χ4n) is 3.18. The van der Waals surface area contributed by atoms with Crippen LogP contribution in [0.25, 0.3) is 11.0 Å². The molecular formula is C18H24N4O3. The van der Waals surface area contributed by atoms with Gasteiger partial charge in [0, 0.05) is 12.6 Å². The summed E-state index contributed by atoms with van der Waals surface area (Å²) >= 11 is 0. The van der Waals surface area contributed by atoms with Crippen molar-refractivity contribution in [1.29, 1.82) is 0 Å². The summed E-state index contributed by atoms with van der Waals surface area (Å²) in [6, 6.07) is 5.30. The largest absolute Gasteiger partial charge is 0.449 e. The van der Waals surface area contributed by atoms with Crippen molar-refractivity contribution in [3.05, 3.63) is 23.8 Å². The van der Waals surface area contributed by atoms with E-state index < -0.39 is 12.1 Å². The maximum absolute atomic E-state index is 12.3. The summed E-state index contributed by atoms with van der Waals surface area (Å²) in [6.45, 7) is 4.28. The lowest BCUT2D eigenvalue weighted by Gasteiger charge is -2.24. The third-order valence-electron chi connectivity index (χ3n) is 4.65. The van der Waals surface area contributed by atoms with Crippen molar-refractivity contribution in [2.75, 3.05) is 0 Å². The first-order valence-corrected chi connectivity index (χ1v) is 8.93. The minimum atomic E-state index is -0.823. The number of rotatable bonds is 5. The number of amides is 1. The number of hydrogen-bond acceptors (Lipinski definition) is 5. The SMILES string of the molecule is CCn1nnc2cc(C(=O)O[C@@H](C)C(=O)NC3CCCCC3)ccc21. The number of fused-ring (bicyclic) bond motifs is 1. The maximum Gasteiger partial charge on any atom is 0.338 e. The van der Waals surface area contributed by atoms with Crippen LogP contribution in [0.5, 0.6) is 0 Å². The second kappa shape index (κ2) is 7.63. The molecule has 1 saturated carbocycles. The summed E-state index contributed by atoms with van der Waals surface area (Å²) in [7, 11) is 0. The Bertz CT molecular complexity index is 765. The highest BCUT2D eigenvalue weighted by atomic mass is 16.5. The molecule has 0 spiro atoms. The van der Waals surface area contributed by atoms with Gasteiger partial charge >= 0.3 is 5.97 Å². The molecule has 0 radical (unpaired) electrons. The van der Waals surface area contributed by atoms with Crippen LogP contribution >= 0.6 is 0 Å². The second-order valence-corrected chi connectivity index (χ2v) is 6.50. The molecule has 2 aromatic rings. The van der Waals surface area contributed by atoms with E-state index in [1.807, 2.05) is 6.92 Å². The molecule has 1 aromatic carbocycles. The quantitative estimate of drug-likeness (QED) is 0.842. The highest BCUT2D eigenvalue weighted by Gasteiger charge is 2.23. The number of carbonyl (C=O) groups excluding carboxylic acids is 2. The Hall–Kier alpha value is -2.44. The van der Waals surface area contributed by atoms with Crippen molar-refractivity contribution < 1.29 is 14.3 Å². The molecule has 1 amide bonds. The number of ether oxygens (including phenoxy) is 1. The van der Waals surface area contributed by atoms with E-state index in [0.29, 0.717) is 17.6 Å². The summed E-state index contributed by atoms with van der Waals surface area (Å²) in [5.74, 6) is -0.766. The Morgan fingerprint density at radius 2 is 2.08 bits per heavy atom. The molecule has 1 heterocycles. The molecule has 1 fully saturated rings. The Labute approximate surface area is 146 Å². The molecule has 25 heavy (non-hydrogen) atoms. The van der Waals surface area contributed by atoms with Gasteiger partial charge in [-0.1, -0.05) is 24.5 Å². The molecule has 0 bridgehead atoms. The first-order valence-electron chi connectivity index (χ1n) is 8.93. The number of aryl methyl sites for hydroxylation is 1. The average Bonchev–Trinajstić information content (AvgIpc) is 3.04. The van der Waals surface area contributed by atoms with Crippen molar-refractivity contribution in [2.24, 2.45) is 0 Å². The molecule has 3 rings (SSSR count). The third kappa shape index (κ3) is 3.97. The van der Waals surface area contributed by atoms with Gasteiger partial charge in [0.25, 0.3) is 5.91 Å². The molecule has 0 saturated heterocycles. The monoisotopic (exact) mass is 344 g/mol. The van der Waals surface area contributed by atoms with E-state index in [0.717, 1.165) is 31.2 Å². The predicted octanol–water partition coefficient (Wildman–Crippen LogP) is 2.45. The molecule has 7 heteroatoms. The number of nitrogens with zero attached hydrogens (tertiary/aromatic N) is 3. The average molecular weight is 344 g/mol. The van der Waals surface area contributed by atoms with E-state index in [4.69, 9.17) is 4.74 Å². The fourth-order valence-corrected chi connectivity index (χ4v) is 3.18. The molecule has 1 aromatic heterocycles. The molecule has 1 aliphatic rings. The zero-order valence-electron chi connectivity index (χ0n) is 14.7. The summed E-state index contributed by atoms with van der Waals surface area (Å²) < 4.78 is 7.07. The Balaban J connectivity index is 1.61. The van der Waals surface area contributed by atoms with Gasteiger partial charge < -0.3 is 10.1 Å².